The molecule has 4 aromatic rings. The number of ketones is 1. The average Bonchev–Trinajstić information content (AvgIpc) is 3.51. The van der Waals surface area contributed by atoms with Gasteiger partial charge in [0.1, 0.15) is 17.6 Å². The number of hydrogen-bond acceptors (Lipinski definition) is 5. The van der Waals surface area contributed by atoms with Crippen LogP contribution in [0.15, 0.2) is 77.3 Å². The molecule has 0 aliphatic rings. The SMILES string of the molecule is CCCC(=O)c1cccn1[C@@H](Cc1ccc(OCCc2nc(-c3ccccc3)oc2C)cc1)C(=O)O. The monoisotopic (exact) mass is 486 g/mol. The predicted octanol–water partition coefficient (Wildman–Crippen LogP) is 5.92. The average molecular weight is 487 g/mol. The van der Waals surface area contributed by atoms with Crippen LogP contribution < -0.4 is 4.74 Å². The van der Waals surface area contributed by atoms with Gasteiger partial charge in [0.2, 0.25) is 5.89 Å². The number of aryl methyl sites for hydroxylation is 1. The summed E-state index contributed by atoms with van der Waals surface area (Å²) >= 11 is 0. The van der Waals surface area contributed by atoms with E-state index in [4.69, 9.17) is 9.15 Å². The molecule has 0 aliphatic carbocycles. The Morgan fingerprint density at radius 1 is 1.06 bits per heavy atom. The summed E-state index contributed by atoms with van der Waals surface area (Å²) in [6.07, 6.45) is 3.63. The Balaban J connectivity index is 1.36. The van der Waals surface area contributed by atoms with Crippen molar-refractivity contribution in [1.29, 1.82) is 0 Å². The van der Waals surface area contributed by atoms with E-state index in [-0.39, 0.29) is 12.2 Å². The molecule has 0 aliphatic heterocycles. The molecule has 7 heteroatoms. The van der Waals surface area contributed by atoms with E-state index >= 15 is 0 Å². The van der Waals surface area contributed by atoms with Crippen LogP contribution in [0.3, 0.4) is 0 Å². The number of nitrogens with zero attached hydrogens (tertiary/aromatic N) is 2. The van der Waals surface area contributed by atoms with Crippen LogP contribution in [-0.2, 0) is 17.6 Å². The van der Waals surface area contributed by atoms with Crippen molar-refractivity contribution in [3.63, 3.8) is 0 Å². The molecule has 7 nitrogen and oxygen atoms in total. The molecule has 0 saturated heterocycles. The summed E-state index contributed by atoms with van der Waals surface area (Å²) < 4.78 is 13.3. The summed E-state index contributed by atoms with van der Waals surface area (Å²) in [4.78, 5) is 29.0. The van der Waals surface area contributed by atoms with E-state index in [1.54, 1.807) is 22.9 Å². The number of carbonyl (C=O) groups excluding carboxylic acids is 1. The number of benzene rings is 2. The fourth-order valence-corrected chi connectivity index (χ4v) is 4.14. The van der Waals surface area contributed by atoms with Crippen molar-refractivity contribution >= 4 is 11.8 Å². The first kappa shape index (κ1) is 25.0. The van der Waals surface area contributed by atoms with Crippen LogP contribution in [0, 0.1) is 6.92 Å². The van der Waals surface area contributed by atoms with Gasteiger partial charge in [-0.05, 0) is 55.3 Å². The second kappa shape index (κ2) is 11.5. The minimum atomic E-state index is -0.977. The van der Waals surface area contributed by atoms with E-state index in [2.05, 4.69) is 4.98 Å². The lowest BCUT2D eigenvalue weighted by molar-refractivity contribution is -0.140. The number of carboxylic acids is 1. The summed E-state index contributed by atoms with van der Waals surface area (Å²) in [5.74, 6) is 1.04. The molecule has 36 heavy (non-hydrogen) atoms. The van der Waals surface area contributed by atoms with Crippen LogP contribution in [0.5, 0.6) is 5.75 Å². The topological polar surface area (TPSA) is 94.6 Å². The second-order valence-electron chi connectivity index (χ2n) is 8.66. The van der Waals surface area contributed by atoms with Crippen LogP contribution in [-0.4, -0.2) is 33.0 Å². The third kappa shape index (κ3) is 5.92. The highest BCUT2D eigenvalue weighted by Gasteiger charge is 2.24. The maximum Gasteiger partial charge on any atom is 0.327 e. The first-order valence-corrected chi connectivity index (χ1v) is 12.1. The number of carboxylic acid groups (broad SMARTS) is 1. The van der Waals surface area contributed by atoms with Gasteiger partial charge in [0.15, 0.2) is 5.78 Å². The van der Waals surface area contributed by atoms with Gasteiger partial charge in [-0.25, -0.2) is 9.78 Å². The number of rotatable bonds is 12. The predicted molar refractivity (Wildman–Crippen MR) is 136 cm³/mol. The van der Waals surface area contributed by atoms with E-state index in [9.17, 15) is 14.7 Å². The van der Waals surface area contributed by atoms with Gasteiger partial charge in [-0.2, -0.15) is 0 Å². The Bertz CT molecular complexity index is 1310. The van der Waals surface area contributed by atoms with Gasteiger partial charge < -0.3 is 18.8 Å². The van der Waals surface area contributed by atoms with Crippen molar-refractivity contribution in [2.24, 2.45) is 0 Å². The van der Waals surface area contributed by atoms with E-state index in [0.29, 0.717) is 43.2 Å². The summed E-state index contributed by atoms with van der Waals surface area (Å²) in [6, 6.07) is 19.7. The van der Waals surface area contributed by atoms with Gasteiger partial charge in [-0.1, -0.05) is 37.3 Å². The molecule has 0 radical (unpaired) electrons. The van der Waals surface area contributed by atoms with Crippen molar-refractivity contribution in [3.8, 4) is 17.2 Å². The van der Waals surface area contributed by atoms with Crippen LogP contribution in [0.2, 0.25) is 0 Å². The largest absolute Gasteiger partial charge is 0.493 e. The molecular weight excluding hydrogens is 456 g/mol. The van der Waals surface area contributed by atoms with Gasteiger partial charge in [-0.3, -0.25) is 4.79 Å². The minimum Gasteiger partial charge on any atom is -0.493 e. The zero-order valence-electron chi connectivity index (χ0n) is 20.5. The Hall–Kier alpha value is -4.13. The Kier molecular flexibility index (Phi) is 8.00. The Morgan fingerprint density at radius 3 is 2.50 bits per heavy atom. The lowest BCUT2D eigenvalue weighted by atomic mass is 10.0. The van der Waals surface area contributed by atoms with Gasteiger partial charge in [0.25, 0.3) is 0 Å². The number of aliphatic carboxylic acids is 1. The van der Waals surface area contributed by atoms with Crippen LogP contribution in [0.4, 0.5) is 0 Å². The second-order valence-corrected chi connectivity index (χ2v) is 8.66. The highest BCUT2D eigenvalue weighted by Crippen LogP contribution is 2.23. The molecular formula is C29H30N2O5. The maximum atomic E-state index is 12.4. The van der Waals surface area contributed by atoms with E-state index in [1.165, 1.54) is 0 Å². The van der Waals surface area contributed by atoms with E-state index < -0.39 is 12.0 Å². The molecule has 1 N–H and O–H groups in total. The van der Waals surface area contributed by atoms with E-state index in [0.717, 1.165) is 22.6 Å². The van der Waals surface area contributed by atoms with Crippen molar-refractivity contribution in [1.82, 2.24) is 9.55 Å². The van der Waals surface area contributed by atoms with Gasteiger partial charge in [0, 0.05) is 31.0 Å². The van der Waals surface area contributed by atoms with E-state index in [1.807, 2.05) is 68.4 Å². The third-order valence-electron chi connectivity index (χ3n) is 6.04. The van der Waals surface area contributed by atoms with Gasteiger partial charge in [-0.15, -0.1) is 0 Å². The number of aromatic nitrogens is 2. The zero-order valence-corrected chi connectivity index (χ0v) is 20.5. The molecule has 0 spiro atoms. The molecule has 2 aromatic heterocycles. The molecule has 0 amide bonds. The molecule has 2 heterocycles. The molecule has 0 unspecified atom stereocenters. The molecule has 0 fully saturated rings. The summed E-state index contributed by atoms with van der Waals surface area (Å²) in [5, 5.41) is 9.85. The minimum absolute atomic E-state index is 0.0456. The smallest absolute Gasteiger partial charge is 0.327 e. The maximum absolute atomic E-state index is 12.4. The zero-order chi connectivity index (χ0) is 25.5. The summed E-state index contributed by atoms with van der Waals surface area (Å²) in [5.41, 5.74) is 3.07. The highest BCUT2D eigenvalue weighted by molar-refractivity contribution is 5.95. The van der Waals surface area contributed by atoms with Gasteiger partial charge >= 0.3 is 5.97 Å². The first-order valence-electron chi connectivity index (χ1n) is 12.1. The first-order chi connectivity index (χ1) is 17.5. The number of Topliss-reactive ketones (excluding diaryl/α,β-unsaturated/α-hetero) is 1. The van der Waals surface area contributed by atoms with Crippen LogP contribution >= 0.6 is 0 Å². The fourth-order valence-electron chi connectivity index (χ4n) is 4.14. The van der Waals surface area contributed by atoms with Gasteiger partial charge in [0.05, 0.1) is 18.0 Å². The number of carbonyl (C=O) groups is 2. The summed E-state index contributed by atoms with van der Waals surface area (Å²) in [7, 11) is 0. The summed E-state index contributed by atoms with van der Waals surface area (Å²) in [6.45, 7) is 4.26. The third-order valence-corrected chi connectivity index (χ3v) is 6.04. The van der Waals surface area contributed by atoms with Crippen molar-refractivity contribution in [2.45, 2.75) is 45.6 Å². The van der Waals surface area contributed by atoms with Crippen molar-refractivity contribution < 1.29 is 23.8 Å². The Labute approximate surface area is 210 Å². The quantitative estimate of drug-likeness (QED) is 0.250. The fraction of sp³-hybridized carbons (Fsp3) is 0.276. The molecule has 186 valence electrons. The lowest BCUT2D eigenvalue weighted by Gasteiger charge is -2.18. The number of oxazole rings is 1. The highest BCUT2D eigenvalue weighted by atomic mass is 16.5. The standard InChI is InChI=1S/C29H30N2O5/c1-3-8-27(32)25-11-7-17-31(25)26(29(33)34)19-21-12-14-23(15-13-21)35-18-16-24-20(2)36-28(30-24)22-9-5-4-6-10-22/h4-7,9-15,17,26H,3,8,16,18-19H2,1-2H3,(H,33,34)/t26-/m0/s1. The van der Waals surface area contributed by atoms with Crippen LogP contribution in [0.25, 0.3) is 11.5 Å². The van der Waals surface area contributed by atoms with Crippen molar-refractivity contribution in [2.75, 3.05) is 6.61 Å². The van der Waals surface area contributed by atoms with Crippen molar-refractivity contribution in [3.05, 3.63) is 95.6 Å². The van der Waals surface area contributed by atoms with Crippen LogP contribution in [0.1, 0.15) is 53.3 Å². The molecule has 0 bridgehead atoms. The Morgan fingerprint density at radius 2 is 1.81 bits per heavy atom. The molecule has 0 saturated carbocycles. The number of hydrogen-bond donors (Lipinski definition) is 1. The molecule has 2 aromatic carbocycles. The normalized spacial score (nSPS) is 11.8. The molecule has 1 atom stereocenters. The molecule has 4 rings (SSSR count). The number of ether oxygens (including phenoxy) is 1. The lowest BCUT2D eigenvalue weighted by Crippen LogP contribution is -2.24.